The van der Waals surface area contributed by atoms with Gasteiger partial charge >= 0.3 is 5.97 Å². The first-order valence-electron chi connectivity index (χ1n) is 13.5. The van der Waals surface area contributed by atoms with Gasteiger partial charge in [0.2, 0.25) is 18.3 Å². The van der Waals surface area contributed by atoms with E-state index in [0.717, 1.165) is 12.8 Å². The number of likely N-dealkylation sites (tertiary alicyclic amines) is 1. The average molecular weight is 543 g/mol. The van der Waals surface area contributed by atoms with Crippen molar-refractivity contribution in [3.63, 3.8) is 0 Å². The molecule has 1 aromatic carbocycles. The molecule has 2 aromatic rings. The van der Waals surface area contributed by atoms with E-state index in [4.69, 9.17) is 15.2 Å². The number of benzene rings is 1. The number of nitrogens with zero attached hydrogens (tertiary/aromatic N) is 3. The van der Waals surface area contributed by atoms with Crippen molar-refractivity contribution in [2.75, 3.05) is 39.5 Å². The molecular formula is C28H38N4O7. The van der Waals surface area contributed by atoms with Crippen molar-refractivity contribution in [1.29, 1.82) is 0 Å². The molecule has 3 atom stereocenters. The number of carboxylic acids is 1. The number of aromatic nitrogens is 1. The number of aliphatic hydroxyl groups is 1. The van der Waals surface area contributed by atoms with Gasteiger partial charge in [-0.25, -0.2) is 0 Å². The van der Waals surface area contributed by atoms with Crippen LogP contribution in [0.1, 0.15) is 43.2 Å². The fourth-order valence-corrected chi connectivity index (χ4v) is 5.68. The minimum atomic E-state index is -0.978. The standard InChI is InChI=1S/C28H38N4O7/c1-2-3-9-31(12-8-29)25(35)16-32-15-21(19-13-20(17-33)27-23(14-19)38-18-39-27)26(28(36)37)22(32)7-11-30-10-5-4-6-24(30)34/h4-6,10,13-14,21-22,26,33H,2-3,7-9,11-12,15-18,29H2,1H3,(H,36,37)/t21-,22+,26-/m1/s1. The number of fused-ring (bicyclic) bond motifs is 1. The smallest absolute Gasteiger partial charge is 0.308 e. The van der Waals surface area contributed by atoms with Crippen molar-refractivity contribution in [2.24, 2.45) is 11.7 Å². The Morgan fingerprint density at radius 1 is 1.21 bits per heavy atom. The van der Waals surface area contributed by atoms with Gasteiger partial charge in [0.15, 0.2) is 11.5 Å². The predicted octanol–water partition coefficient (Wildman–Crippen LogP) is 1.22. The summed E-state index contributed by atoms with van der Waals surface area (Å²) in [6.45, 7) is 3.88. The van der Waals surface area contributed by atoms with Gasteiger partial charge in [-0.15, -0.1) is 0 Å². The summed E-state index contributed by atoms with van der Waals surface area (Å²) in [4.78, 5) is 42.2. The van der Waals surface area contributed by atoms with E-state index in [-0.39, 0.29) is 31.4 Å². The topological polar surface area (TPSA) is 148 Å². The second kappa shape index (κ2) is 13.1. The first kappa shape index (κ1) is 28.6. The number of rotatable bonds is 13. The molecule has 1 saturated heterocycles. The molecule has 0 aliphatic carbocycles. The molecule has 2 aliphatic heterocycles. The summed E-state index contributed by atoms with van der Waals surface area (Å²) in [6, 6.07) is 7.92. The lowest BCUT2D eigenvalue weighted by Gasteiger charge is -2.29. The quantitative estimate of drug-likeness (QED) is 0.340. The lowest BCUT2D eigenvalue weighted by molar-refractivity contribution is -0.144. The number of pyridine rings is 1. The van der Waals surface area contributed by atoms with Crippen molar-refractivity contribution >= 4 is 11.9 Å². The van der Waals surface area contributed by atoms with Crippen LogP contribution in [0.25, 0.3) is 0 Å². The fourth-order valence-electron chi connectivity index (χ4n) is 5.68. The SMILES string of the molecule is CCCCN(CCN)C(=O)CN1C[C@H](c2cc(CO)c3c(c2)OCO3)[C@@H](C(=O)O)[C@@H]1CCn1ccccc1=O. The summed E-state index contributed by atoms with van der Waals surface area (Å²) < 4.78 is 12.6. The van der Waals surface area contributed by atoms with Crippen molar-refractivity contribution in [2.45, 2.75) is 51.3 Å². The van der Waals surface area contributed by atoms with E-state index in [1.165, 1.54) is 6.07 Å². The van der Waals surface area contributed by atoms with Gasteiger partial charge < -0.3 is 34.9 Å². The molecule has 212 valence electrons. The van der Waals surface area contributed by atoms with E-state index < -0.39 is 23.8 Å². The van der Waals surface area contributed by atoms with Crippen molar-refractivity contribution in [3.05, 3.63) is 58.0 Å². The highest BCUT2D eigenvalue weighted by Gasteiger charge is 2.47. The molecule has 0 unspecified atom stereocenters. The molecule has 2 aliphatic rings. The summed E-state index contributed by atoms with van der Waals surface area (Å²) >= 11 is 0. The summed E-state index contributed by atoms with van der Waals surface area (Å²) in [5, 5.41) is 20.4. The normalized spacial score (nSPS) is 20.3. The van der Waals surface area contributed by atoms with Crippen LogP contribution in [0.15, 0.2) is 41.3 Å². The highest BCUT2D eigenvalue weighted by atomic mass is 16.7. The van der Waals surface area contributed by atoms with Gasteiger partial charge in [0, 0.05) is 62.5 Å². The third-order valence-electron chi connectivity index (χ3n) is 7.64. The Morgan fingerprint density at radius 2 is 2.03 bits per heavy atom. The monoisotopic (exact) mass is 542 g/mol. The minimum absolute atomic E-state index is 0.0304. The Hall–Kier alpha value is -3.41. The van der Waals surface area contributed by atoms with Gasteiger partial charge in [0.25, 0.3) is 0 Å². The van der Waals surface area contributed by atoms with Crippen LogP contribution < -0.4 is 20.8 Å². The van der Waals surface area contributed by atoms with Crippen molar-refractivity contribution < 1.29 is 29.3 Å². The number of hydrogen-bond donors (Lipinski definition) is 3. The number of carboxylic acid groups (broad SMARTS) is 1. The number of aryl methyl sites for hydroxylation is 1. The third kappa shape index (κ3) is 6.43. The first-order valence-corrected chi connectivity index (χ1v) is 13.5. The Morgan fingerprint density at radius 3 is 2.72 bits per heavy atom. The van der Waals surface area contributed by atoms with Crippen LogP contribution in [-0.2, 0) is 22.7 Å². The lowest BCUT2D eigenvalue weighted by atomic mass is 9.83. The average Bonchev–Trinajstić information content (AvgIpc) is 3.54. The third-order valence-corrected chi connectivity index (χ3v) is 7.64. The molecule has 0 saturated carbocycles. The maximum atomic E-state index is 13.4. The van der Waals surface area contributed by atoms with E-state index in [1.807, 2.05) is 4.90 Å². The number of hydrogen-bond acceptors (Lipinski definition) is 8. The zero-order valence-electron chi connectivity index (χ0n) is 22.3. The Balaban J connectivity index is 1.66. The minimum Gasteiger partial charge on any atom is -0.481 e. The largest absolute Gasteiger partial charge is 0.481 e. The molecule has 4 rings (SSSR count). The second-order valence-corrected chi connectivity index (χ2v) is 10.1. The molecule has 11 heteroatoms. The summed E-state index contributed by atoms with van der Waals surface area (Å²) in [5.41, 5.74) is 6.84. The second-order valence-electron chi connectivity index (χ2n) is 10.1. The van der Waals surface area contributed by atoms with Gasteiger partial charge in [0.05, 0.1) is 19.1 Å². The summed E-state index contributed by atoms with van der Waals surface area (Å²) in [7, 11) is 0. The highest BCUT2D eigenvalue weighted by Crippen LogP contribution is 2.44. The van der Waals surface area contributed by atoms with Crippen LogP contribution in [-0.4, -0.2) is 82.0 Å². The number of ether oxygens (including phenoxy) is 2. The van der Waals surface area contributed by atoms with Crippen LogP contribution in [0, 0.1) is 5.92 Å². The van der Waals surface area contributed by atoms with E-state index in [2.05, 4.69) is 6.92 Å². The van der Waals surface area contributed by atoms with Crippen LogP contribution in [0.3, 0.4) is 0 Å². The zero-order chi connectivity index (χ0) is 27.9. The van der Waals surface area contributed by atoms with Crippen LogP contribution >= 0.6 is 0 Å². The molecule has 39 heavy (non-hydrogen) atoms. The maximum Gasteiger partial charge on any atom is 0.308 e. The number of aliphatic hydroxyl groups excluding tert-OH is 1. The molecule has 0 spiro atoms. The maximum absolute atomic E-state index is 13.4. The number of unbranched alkanes of at least 4 members (excludes halogenated alkanes) is 1. The van der Waals surface area contributed by atoms with Crippen molar-refractivity contribution in [3.8, 4) is 11.5 Å². The van der Waals surface area contributed by atoms with E-state index >= 15 is 0 Å². The Labute approximate surface area is 227 Å². The molecule has 0 bridgehead atoms. The summed E-state index contributed by atoms with van der Waals surface area (Å²) in [5.74, 6) is -1.45. The Bertz CT molecular complexity index is 1220. The van der Waals surface area contributed by atoms with Gasteiger partial charge in [-0.05, 0) is 36.6 Å². The zero-order valence-corrected chi connectivity index (χ0v) is 22.3. The molecule has 11 nitrogen and oxygen atoms in total. The Kier molecular flexibility index (Phi) is 9.60. The molecule has 1 amide bonds. The lowest BCUT2D eigenvalue weighted by Crippen LogP contribution is -2.46. The van der Waals surface area contributed by atoms with E-state index in [0.29, 0.717) is 61.8 Å². The first-order chi connectivity index (χ1) is 18.9. The molecule has 0 radical (unpaired) electrons. The fraction of sp³-hybridized carbons (Fsp3) is 0.536. The summed E-state index contributed by atoms with van der Waals surface area (Å²) in [6.07, 6.45) is 3.84. The number of nitrogens with two attached hydrogens (primary N) is 1. The van der Waals surface area contributed by atoms with Crippen molar-refractivity contribution in [1.82, 2.24) is 14.4 Å². The van der Waals surface area contributed by atoms with Gasteiger partial charge in [-0.3, -0.25) is 19.3 Å². The molecule has 4 N–H and O–H groups in total. The number of carbonyl (C=O) groups excluding carboxylic acids is 1. The van der Waals surface area contributed by atoms with Gasteiger partial charge in [-0.2, -0.15) is 0 Å². The van der Waals surface area contributed by atoms with Crippen LogP contribution in [0.4, 0.5) is 0 Å². The van der Waals surface area contributed by atoms with Gasteiger partial charge in [0.1, 0.15) is 0 Å². The predicted molar refractivity (Wildman–Crippen MR) is 144 cm³/mol. The molecule has 3 heterocycles. The molecule has 1 fully saturated rings. The van der Waals surface area contributed by atoms with Crippen LogP contribution in [0.5, 0.6) is 11.5 Å². The number of aliphatic carboxylic acids is 1. The molecular weight excluding hydrogens is 504 g/mol. The van der Waals surface area contributed by atoms with Crippen LogP contribution in [0.2, 0.25) is 0 Å². The van der Waals surface area contributed by atoms with E-state index in [1.54, 1.807) is 39.9 Å². The molecule has 1 aromatic heterocycles. The highest BCUT2D eigenvalue weighted by molar-refractivity contribution is 5.79. The van der Waals surface area contributed by atoms with E-state index in [9.17, 15) is 24.6 Å². The van der Waals surface area contributed by atoms with Gasteiger partial charge in [-0.1, -0.05) is 19.4 Å². The number of amides is 1. The number of carbonyl (C=O) groups is 2.